The van der Waals surface area contributed by atoms with Crippen molar-refractivity contribution >= 4 is 17.6 Å². The molecule has 1 aliphatic heterocycles. The summed E-state index contributed by atoms with van der Waals surface area (Å²) < 4.78 is 11.3. The maximum absolute atomic E-state index is 12.9. The number of hydrogen-bond acceptors (Lipinski definition) is 7. The first-order valence-corrected chi connectivity index (χ1v) is 15.1. The fourth-order valence-electron chi connectivity index (χ4n) is 4.93. The Morgan fingerprint density at radius 3 is 2.10 bits per heavy atom. The minimum atomic E-state index is -0.509. The van der Waals surface area contributed by atoms with Crippen molar-refractivity contribution in [1.29, 1.82) is 0 Å². The van der Waals surface area contributed by atoms with Gasteiger partial charge in [0.2, 0.25) is 0 Å². The van der Waals surface area contributed by atoms with Gasteiger partial charge < -0.3 is 19.7 Å². The third-order valence-corrected chi connectivity index (χ3v) is 6.98. The fourth-order valence-corrected chi connectivity index (χ4v) is 4.93. The minimum absolute atomic E-state index is 0.0817. The topological polar surface area (TPSA) is 89.1 Å². The lowest BCUT2D eigenvalue weighted by Gasteiger charge is -2.36. The van der Waals surface area contributed by atoms with Crippen molar-refractivity contribution in [3.05, 3.63) is 29.8 Å². The second-order valence-corrected chi connectivity index (χ2v) is 11.3. The summed E-state index contributed by atoms with van der Waals surface area (Å²) in [7, 11) is 0. The average molecular weight is 548 g/mol. The van der Waals surface area contributed by atoms with E-state index in [1.165, 1.54) is 0 Å². The van der Waals surface area contributed by atoms with Crippen LogP contribution in [-0.4, -0.2) is 56.1 Å². The van der Waals surface area contributed by atoms with E-state index in [0.29, 0.717) is 30.0 Å². The number of nitrogens with zero attached hydrogens (tertiary/aromatic N) is 1. The number of hydroxylamine groups is 1. The highest BCUT2D eigenvalue weighted by Gasteiger charge is 2.29. The SMILES string of the molecule is CC.CC(C)COC(C)ONC(=O)c1ccc(N2CCC(NC(CC(C)C)C(=O)OC3CCCC3)CC2)cc1. The Balaban J connectivity index is 0.00000260. The smallest absolute Gasteiger partial charge is 0.323 e. The van der Waals surface area contributed by atoms with Gasteiger partial charge in [-0.1, -0.05) is 41.5 Å². The Kier molecular flexibility index (Phi) is 14.8. The third kappa shape index (κ3) is 11.9. The molecule has 39 heavy (non-hydrogen) atoms. The fraction of sp³-hybridized carbons (Fsp3) is 0.742. The molecule has 1 heterocycles. The van der Waals surface area contributed by atoms with E-state index in [1.54, 1.807) is 6.92 Å². The molecule has 0 aromatic heterocycles. The Morgan fingerprint density at radius 2 is 1.54 bits per heavy atom. The number of piperidine rings is 1. The average Bonchev–Trinajstić information content (AvgIpc) is 3.44. The number of hydrogen-bond donors (Lipinski definition) is 2. The molecule has 1 aliphatic carbocycles. The van der Waals surface area contributed by atoms with Crippen molar-refractivity contribution < 1.29 is 23.9 Å². The molecule has 0 bridgehead atoms. The summed E-state index contributed by atoms with van der Waals surface area (Å²) in [5, 5.41) is 3.62. The van der Waals surface area contributed by atoms with Crippen LogP contribution < -0.4 is 15.7 Å². The van der Waals surface area contributed by atoms with Gasteiger partial charge in [-0.15, -0.1) is 0 Å². The van der Waals surface area contributed by atoms with E-state index in [0.717, 1.165) is 63.7 Å². The summed E-state index contributed by atoms with van der Waals surface area (Å²) in [5.41, 5.74) is 4.09. The lowest BCUT2D eigenvalue weighted by Crippen LogP contribution is -2.50. The molecular formula is C31H53N3O5. The molecule has 2 atom stereocenters. The minimum Gasteiger partial charge on any atom is -0.461 e. The molecule has 1 aromatic rings. The molecule has 8 nitrogen and oxygen atoms in total. The summed E-state index contributed by atoms with van der Waals surface area (Å²) in [6, 6.07) is 7.63. The highest BCUT2D eigenvalue weighted by Crippen LogP contribution is 2.24. The van der Waals surface area contributed by atoms with Crippen molar-refractivity contribution in [3.8, 4) is 0 Å². The summed E-state index contributed by atoms with van der Waals surface area (Å²) in [6.07, 6.45) is 6.60. The van der Waals surface area contributed by atoms with Crippen molar-refractivity contribution in [2.75, 3.05) is 24.6 Å². The number of anilines is 1. The number of rotatable bonds is 13. The molecule has 1 saturated heterocycles. The number of esters is 1. The largest absolute Gasteiger partial charge is 0.461 e. The Bertz CT molecular complexity index is 831. The second-order valence-electron chi connectivity index (χ2n) is 11.3. The number of carbonyl (C=O) groups excluding carboxylic acids is 2. The molecule has 1 saturated carbocycles. The predicted octanol–water partition coefficient (Wildman–Crippen LogP) is 5.85. The van der Waals surface area contributed by atoms with Crippen LogP contribution in [0.4, 0.5) is 5.69 Å². The summed E-state index contributed by atoms with van der Waals surface area (Å²) in [4.78, 5) is 32.9. The Morgan fingerprint density at radius 1 is 0.923 bits per heavy atom. The molecule has 0 radical (unpaired) electrons. The highest BCUT2D eigenvalue weighted by atomic mass is 16.8. The van der Waals surface area contributed by atoms with E-state index in [2.05, 4.69) is 43.4 Å². The van der Waals surface area contributed by atoms with Crippen molar-refractivity contribution in [2.45, 2.75) is 118 Å². The van der Waals surface area contributed by atoms with E-state index in [1.807, 2.05) is 38.1 Å². The van der Waals surface area contributed by atoms with E-state index >= 15 is 0 Å². The van der Waals surface area contributed by atoms with Crippen LogP contribution in [0.1, 0.15) is 104 Å². The first-order chi connectivity index (χ1) is 18.7. The van der Waals surface area contributed by atoms with Crippen molar-refractivity contribution in [1.82, 2.24) is 10.8 Å². The molecule has 8 heteroatoms. The van der Waals surface area contributed by atoms with Gasteiger partial charge in [-0.25, -0.2) is 10.3 Å². The van der Waals surface area contributed by atoms with Gasteiger partial charge in [-0.05, 0) is 88.0 Å². The zero-order valence-electron chi connectivity index (χ0n) is 25.3. The van der Waals surface area contributed by atoms with Crippen LogP contribution in [0.5, 0.6) is 0 Å². The molecule has 0 spiro atoms. The maximum Gasteiger partial charge on any atom is 0.323 e. The number of amides is 1. The Hall–Kier alpha value is -2.16. The quantitative estimate of drug-likeness (QED) is 0.182. The molecule has 2 aliphatic rings. The second kappa shape index (κ2) is 17.5. The molecule has 1 amide bonds. The first-order valence-electron chi connectivity index (χ1n) is 15.1. The monoisotopic (exact) mass is 547 g/mol. The van der Waals surface area contributed by atoms with Crippen molar-refractivity contribution in [3.63, 3.8) is 0 Å². The van der Waals surface area contributed by atoms with Crippen LogP contribution in [0.15, 0.2) is 24.3 Å². The lowest BCUT2D eigenvalue weighted by molar-refractivity contribution is -0.163. The van der Waals surface area contributed by atoms with Gasteiger partial charge in [-0.3, -0.25) is 9.59 Å². The summed E-state index contributed by atoms with van der Waals surface area (Å²) >= 11 is 0. The van der Waals surface area contributed by atoms with E-state index in [9.17, 15) is 9.59 Å². The zero-order chi connectivity index (χ0) is 28.8. The van der Waals surface area contributed by atoms with Gasteiger partial charge in [0, 0.05) is 30.4 Å². The maximum atomic E-state index is 12.9. The number of nitrogens with one attached hydrogen (secondary N) is 2. The van der Waals surface area contributed by atoms with Crippen molar-refractivity contribution in [2.24, 2.45) is 11.8 Å². The molecule has 222 valence electrons. The van der Waals surface area contributed by atoms with Gasteiger partial charge in [-0.2, -0.15) is 0 Å². The third-order valence-electron chi connectivity index (χ3n) is 6.98. The highest BCUT2D eigenvalue weighted by molar-refractivity contribution is 5.93. The zero-order valence-corrected chi connectivity index (χ0v) is 25.3. The van der Waals surface area contributed by atoms with Crippen LogP contribution in [0.3, 0.4) is 0 Å². The standard InChI is InChI=1S/C29H47N3O5.C2H6/c1-20(2)18-27(29(34)36-26-8-6-7-9-26)30-24-14-16-32(17-15-24)25-12-10-23(11-13-25)28(33)31-37-22(5)35-19-21(3)4;1-2/h10-13,20-22,24,26-27,30H,6-9,14-19H2,1-5H3,(H,31,33);1-2H3. The number of carbonyl (C=O) groups is 2. The first kappa shape index (κ1) is 33.0. The van der Waals surface area contributed by atoms with E-state index in [-0.39, 0.29) is 24.0 Å². The van der Waals surface area contributed by atoms with Gasteiger partial charge >= 0.3 is 5.97 Å². The normalized spacial score (nSPS) is 18.0. The van der Waals surface area contributed by atoms with E-state index < -0.39 is 6.29 Å². The predicted molar refractivity (Wildman–Crippen MR) is 157 cm³/mol. The molecule has 3 rings (SSSR count). The van der Waals surface area contributed by atoms with Crippen LogP contribution in [-0.2, 0) is 19.1 Å². The molecule has 1 aromatic carbocycles. The van der Waals surface area contributed by atoms with Crippen LogP contribution in [0.2, 0.25) is 0 Å². The Labute approximate surface area is 236 Å². The van der Waals surface area contributed by atoms with Gasteiger partial charge in [0.05, 0.1) is 6.61 Å². The molecule has 2 unspecified atom stereocenters. The van der Waals surface area contributed by atoms with Crippen LogP contribution >= 0.6 is 0 Å². The van der Waals surface area contributed by atoms with Gasteiger partial charge in [0.1, 0.15) is 12.1 Å². The number of benzene rings is 1. The number of ether oxygens (including phenoxy) is 2. The molecule has 2 fully saturated rings. The summed E-state index contributed by atoms with van der Waals surface area (Å²) in [5.74, 6) is 0.442. The van der Waals surface area contributed by atoms with Gasteiger partial charge in [0.15, 0.2) is 6.29 Å². The van der Waals surface area contributed by atoms with E-state index in [4.69, 9.17) is 14.3 Å². The lowest BCUT2D eigenvalue weighted by atomic mass is 9.99. The molecular weight excluding hydrogens is 494 g/mol. The van der Waals surface area contributed by atoms with Crippen LogP contribution in [0, 0.1) is 11.8 Å². The van der Waals surface area contributed by atoms with Gasteiger partial charge in [0.25, 0.3) is 5.91 Å². The van der Waals surface area contributed by atoms with Crippen LogP contribution in [0.25, 0.3) is 0 Å². The molecule has 2 N–H and O–H groups in total. The summed E-state index contributed by atoms with van der Waals surface area (Å²) in [6.45, 7) is 16.5.